The zero-order valence-electron chi connectivity index (χ0n) is 19.0. The van der Waals surface area contributed by atoms with Gasteiger partial charge >= 0.3 is 23.9 Å². The SMILES string of the molecule is N[C@H](CCC(=O)O)C(=O)N[C@H](CCC(=O)O)CN[C@H](CCC(=O)O)C(=O)N[C@@H](C=O)CCC(=O)O. The van der Waals surface area contributed by atoms with E-state index in [-0.39, 0.29) is 51.5 Å². The molecule has 0 aliphatic heterocycles. The molecule has 9 N–H and O–H groups in total. The molecule has 0 aromatic rings. The summed E-state index contributed by atoms with van der Waals surface area (Å²) < 4.78 is 0. The summed E-state index contributed by atoms with van der Waals surface area (Å²) in [6.07, 6.45) is -1.82. The molecule has 0 saturated heterocycles. The van der Waals surface area contributed by atoms with Gasteiger partial charge in [-0.25, -0.2) is 0 Å². The molecule has 4 atom stereocenters. The molecule has 0 spiro atoms. The minimum absolute atomic E-state index is 0.0808. The highest BCUT2D eigenvalue weighted by Gasteiger charge is 2.25. The van der Waals surface area contributed by atoms with Gasteiger partial charge in [-0.1, -0.05) is 0 Å². The molecule has 15 nitrogen and oxygen atoms in total. The van der Waals surface area contributed by atoms with Crippen molar-refractivity contribution in [3.8, 4) is 0 Å². The van der Waals surface area contributed by atoms with Gasteiger partial charge in [0.05, 0.1) is 18.1 Å². The van der Waals surface area contributed by atoms with Crippen LogP contribution in [0.15, 0.2) is 0 Å². The molecule has 0 heterocycles. The van der Waals surface area contributed by atoms with Gasteiger partial charge in [0, 0.05) is 38.3 Å². The summed E-state index contributed by atoms with van der Waals surface area (Å²) >= 11 is 0. The number of nitrogens with one attached hydrogen (secondary N) is 3. The molecule has 0 aromatic heterocycles. The van der Waals surface area contributed by atoms with Crippen molar-refractivity contribution in [2.75, 3.05) is 6.54 Å². The van der Waals surface area contributed by atoms with E-state index >= 15 is 0 Å². The highest BCUT2D eigenvalue weighted by atomic mass is 16.4. The Morgan fingerprint density at radius 3 is 1.69 bits per heavy atom. The van der Waals surface area contributed by atoms with Gasteiger partial charge in [-0.15, -0.1) is 0 Å². The Kier molecular flexibility index (Phi) is 15.2. The lowest BCUT2D eigenvalue weighted by Crippen LogP contribution is -2.54. The number of carboxylic acid groups (broad SMARTS) is 4. The van der Waals surface area contributed by atoms with E-state index in [9.17, 15) is 33.6 Å². The molecule has 35 heavy (non-hydrogen) atoms. The molecule has 198 valence electrons. The lowest BCUT2D eigenvalue weighted by atomic mass is 10.1. The Morgan fingerprint density at radius 1 is 0.686 bits per heavy atom. The van der Waals surface area contributed by atoms with Crippen LogP contribution in [0.2, 0.25) is 0 Å². The minimum atomic E-state index is -1.21. The van der Waals surface area contributed by atoms with Crippen molar-refractivity contribution in [2.24, 2.45) is 5.73 Å². The number of carboxylic acids is 4. The number of aldehydes is 1. The van der Waals surface area contributed by atoms with Crippen LogP contribution in [0.3, 0.4) is 0 Å². The standard InChI is InChI=1S/C20H32N4O11/c21-13(3-7-17(30)31)19(34)23-11(1-5-15(26)27)9-22-14(4-8-18(32)33)20(35)24-12(10-25)2-6-16(28)29/h10-14,22H,1-9,21H2,(H,23,34)(H,24,35)(H,26,27)(H,28,29)(H,30,31)(H,32,33)/t11-,12-,13-,14-/m1/s1. The molecule has 15 heteroatoms. The van der Waals surface area contributed by atoms with Crippen LogP contribution in [-0.2, 0) is 33.6 Å². The fourth-order valence-corrected chi connectivity index (χ4v) is 2.86. The van der Waals surface area contributed by atoms with Crippen LogP contribution in [0.4, 0.5) is 0 Å². The van der Waals surface area contributed by atoms with E-state index in [0.29, 0.717) is 6.29 Å². The van der Waals surface area contributed by atoms with Gasteiger partial charge < -0.3 is 46.9 Å². The van der Waals surface area contributed by atoms with Crippen LogP contribution >= 0.6 is 0 Å². The third kappa shape index (κ3) is 15.8. The number of nitrogens with two attached hydrogens (primary N) is 1. The van der Waals surface area contributed by atoms with E-state index in [1.54, 1.807) is 0 Å². The van der Waals surface area contributed by atoms with Gasteiger partial charge in [0.15, 0.2) is 0 Å². The molecule has 0 rings (SSSR count). The molecule has 0 unspecified atom stereocenters. The second-order valence-corrected chi connectivity index (χ2v) is 7.75. The molecule has 0 aliphatic rings. The van der Waals surface area contributed by atoms with Crippen LogP contribution in [0.25, 0.3) is 0 Å². The van der Waals surface area contributed by atoms with Crippen molar-refractivity contribution in [3.05, 3.63) is 0 Å². The van der Waals surface area contributed by atoms with Gasteiger partial charge in [0.1, 0.15) is 6.29 Å². The number of hydrogen-bond donors (Lipinski definition) is 8. The topological polar surface area (TPSA) is 263 Å². The second-order valence-electron chi connectivity index (χ2n) is 7.75. The number of carbonyl (C=O) groups is 7. The molecule has 2 amide bonds. The molecular formula is C20H32N4O11. The van der Waals surface area contributed by atoms with Crippen molar-refractivity contribution in [3.63, 3.8) is 0 Å². The average Bonchev–Trinajstić information content (AvgIpc) is 2.77. The summed E-state index contributed by atoms with van der Waals surface area (Å²) in [6.45, 7) is -0.177. The van der Waals surface area contributed by atoms with E-state index in [1.165, 1.54) is 0 Å². The predicted molar refractivity (Wildman–Crippen MR) is 117 cm³/mol. The molecule has 0 fully saturated rings. The van der Waals surface area contributed by atoms with E-state index in [0.717, 1.165) is 0 Å². The average molecular weight is 504 g/mol. The van der Waals surface area contributed by atoms with Crippen molar-refractivity contribution in [1.82, 2.24) is 16.0 Å². The summed E-state index contributed by atoms with van der Waals surface area (Å²) in [6, 6.07) is -4.32. The quantitative estimate of drug-likeness (QED) is 0.0827. The maximum atomic E-state index is 12.6. The third-order valence-electron chi connectivity index (χ3n) is 4.79. The predicted octanol–water partition coefficient (Wildman–Crippen LogP) is -2.10. The Bertz CT molecular complexity index is 774. The Hall–Kier alpha value is -3.59. The number of aliphatic carboxylic acids is 4. The van der Waals surface area contributed by atoms with E-state index in [2.05, 4.69) is 16.0 Å². The van der Waals surface area contributed by atoms with Gasteiger partial charge in [0.2, 0.25) is 11.8 Å². The summed E-state index contributed by atoms with van der Waals surface area (Å²) in [7, 11) is 0. The van der Waals surface area contributed by atoms with Crippen molar-refractivity contribution in [1.29, 1.82) is 0 Å². The lowest BCUT2D eigenvalue weighted by molar-refractivity contribution is -0.139. The first-order valence-corrected chi connectivity index (χ1v) is 10.8. The van der Waals surface area contributed by atoms with Crippen LogP contribution in [0, 0.1) is 0 Å². The fraction of sp³-hybridized carbons (Fsp3) is 0.650. The number of amides is 2. The maximum Gasteiger partial charge on any atom is 0.303 e. The molecule has 0 saturated carbocycles. The van der Waals surface area contributed by atoms with Gasteiger partial charge in [-0.2, -0.15) is 0 Å². The lowest BCUT2D eigenvalue weighted by Gasteiger charge is -2.25. The molecule has 0 aromatic carbocycles. The molecule has 0 radical (unpaired) electrons. The zero-order valence-corrected chi connectivity index (χ0v) is 19.0. The van der Waals surface area contributed by atoms with Gasteiger partial charge in [-0.3, -0.25) is 28.8 Å². The largest absolute Gasteiger partial charge is 0.481 e. The normalized spacial score (nSPS) is 14.1. The van der Waals surface area contributed by atoms with Gasteiger partial charge in [0.25, 0.3) is 0 Å². The summed E-state index contributed by atoms with van der Waals surface area (Å²) in [5.74, 6) is -6.21. The number of rotatable bonds is 20. The highest BCUT2D eigenvalue weighted by molar-refractivity contribution is 5.85. The number of hydrogen-bond acceptors (Lipinski definition) is 9. The summed E-state index contributed by atoms with van der Waals surface area (Å²) in [4.78, 5) is 79.3. The van der Waals surface area contributed by atoms with Crippen molar-refractivity contribution >= 4 is 42.0 Å². The van der Waals surface area contributed by atoms with E-state index in [4.69, 9.17) is 26.2 Å². The van der Waals surface area contributed by atoms with Gasteiger partial charge in [-0.05, 0) is 25.7 Å². The Balaban J connectivity index is 5.28. The minimum Gasteiger partial charge on any atom is -0.481 e. The molecule has 0 bridgehead atoms. The third-order valence-corrected chi connectivity index (χ3v) is 4.79. The van der Waals surface area contributed by atoms with Crippen LogP contribution in [0.5, 0.6) is 0 Å². The van der Waals surface area contributed by atoms with Crippen molar-refractivity contribution in [2.45, 2.75) is 75.5 Å². The number of carbonyl (C=O) groups excluding carboxylic acids is 3. The van der Waals surface area contributed by atoms with Crippen LogP contribution in [-0.4, -0.2) is 93.1 Å². The first-order chi connectivity index (χ1) is 16.3. The van der Waals surface area contributed by atoms with Crippen LogP contribution < -0.4 is 21.7 Å². The highest BCUT2D eigenvalue weighted by Crippen LogP contribution is 2.05. The summed E-state index contributed by atoms with van der Waals surface area (Å²) in [5, 5.41) is 42.9. The first-order valence-electron chi connectivity index (χ1n) is 10.8. The van der Waals surface area contributed by atoms with Crippen molar-refractivity contribution < 1.29 is 54.0 Å². The Morgan fingerprint density at radius 2 is 1.17 bits per heavy atom. The molecule has 0 aliphatic carbocycles. The second kappa shape index (κ2) is 16.9. The van der Waals surface area contributed by atoms with Crippen LogP contribution in [0.1, 0.15) is 51.4 Å². The van der Waals surface area contributed by atoms with E-state index in [1.807, 2.05) is 0 Å². The maximum absolute atomic E-state index is 12.6. The summed E-state index contributed by atoms with van der Waals surface area (Å²) in [5.41, 5.74) is 5.66. The Labute approximate surface area is 200 Å². The van der Waals surface area contributed by atoms with E-state index < -0.39 is 66.3 Å². The smallest absolute Gasteiger partial charge is 0.303 e. The monoisotopic (exact) mass is 504 g/mol. The first kappa shape index (κ1) is 31.4. The zero-order chi connectivity index (χ0) is 27.0. The molecular weight excluding hydrogens is 472 g/mol. The fourth-order valence-electron chi connectivity index (χ4n) is 2.86.